The smallest absolute Gasteiger partial charge is 0.188 e. The minimum atomic E-state index is -0.0909. The van der Waals surface area contributed by atoms with Crippen molar-refractivity contribution < 1.29 is 14.6 Å². The van der Waals surface area contributed by atoms with Gasteiger partial charge in [0, 0.05) is 12.2 Å². The van der Waals surface area contributed by atoms with Gasteiger partial charge in [0.2, 0.25) is 0 Å². The minimum Gasteiger partial charge on any atom is -0.508 e. The lowest BCUT2D eigenvalue weighted by Crippen LogP contribution is -2.14. The van der Waals surface area contributed by atoms with Crippen LogP contribution in [0.25, 0.3) is 0 Å². The largest absolute Gasteiger partial charge is 0.508 e. The standard InChI is InChI=1S/C14H20O3/c1-3-11(4-2)9-17-10-14(16)12-6-5-7-13(15)8-12/h5-8,11,15H,3-4,9-10H2,1-2H3. The third-order valence-electron chi connectivity index (χ3n) is 2.91. The Hall–Kier alpha value is -1.35. The maximum absolute atomic E-state index is 11.7. The first-order chi connectivity index (χ1) is 8.17. The monoisotopic (exact) mass is 236 g/mol. The van der Waals surface area contributed by atoms with Gasteiger partial charge < -0.3 is 9.84 Å². The first-order valence-corrected chi connectivity index (χ1v) is 6.07. The van der Waals surface area contributed by atoms with Crippen LogP contribution in [0.1, 0.15) is 37.0 Å². The summed E-state index contributed by atoms with van der Waals surface area (Å²) in [6.45, 7) is 4.95. The fourth-order valence-electron chi connectivity index (χ4n) is 1.61. The number of aromatic hydroxyl groups is 1. The van der Waals surface area contributed by atoms with E-state index in [0.29, 0.717) is 18.1 Å². The number of carbonyl (C=O) groups excluding carboxylic acids is 1. The maximum Gasteiger partial charge on any atom is 0.188 e. The van der Waals surface area contributed by atoms with E-state index in [0.717, 1.165) is 12.8 Å². The van der Waals surface area contributed by atoms with Gasteiger partial charge in [0.05, 0.1) is 0 Å². The Morgan fingerprint density at radius 3 is 2.65 bits per heavy atom. The van der Waals surface area contributed by atoms with E-state index in [2.05, 4.69) is 13.8 Å². The van der Waals surface area contributed by atoms with Crippen molar-refractivity contribution in [3.05, 3.63) is 29.8 Å². The number of phenolic OH excluding ortho intramolecular Hbond substituents is 1. The molecule has 0 bridgehead atoms. The summed E-state index contributed by atoms with van der Waals surface area (Å²) in [6.07, 6.45) is 2.13. The highest BCUT2D eigenvalue weighted by Crippen LogP contribution is 2.12. The molecular formula is C14H20O3. The van der Waals surface area contributed by atoms with Crippen molar-refractivity contribution in [2.45, 2.75) is 26.7 Å². The highest BCUT2D eigenvalue weighted by atomic mass is 16.5. The summed E-state index contributed by atoms with van der Waals surface area (Å²) in [7, 11) is 0. The number of hydrogen-bond acceptors (Lipinski definition) is 3. The molecule has 0 heterocycles. The molecule has 94 valence electrons. The number of hydrogen-bond donors (Lipinski definition) is 1. The molecule has 0 saturated heterocycles. The molecule has 0 fully saturated rings. The normalized spacial score (nSPS) is 10.8. The number of rotatable bonds is 7. The number of carbonyl (C=O) groups is 1. The van der Waals surface area contributed by atoms with Gasteiger partial charge >= 0.3 is 0 Å². The third kappa shape index (κ3) is 4.57. The Kier molecular flexibility index (Phi) is 5.70. The van der Waals surface area contributed by atoms with Crippen LogP contribution in [0.4, 0.5) is 0 Å². The second kappa shape index (κ2) is 7.07. The molecular weight excluding hydrogens is 216 g/mol. The lowest BCUT2D eigenvalue weighted by Gasteiger charge is -2.12. The first kappa shape index (κ1) is 13.7. The Balaban J connectivity index is 2.40. The van der Waals surface area contributed by atoms with E-state index >= 15 is 0 Å². The molecule has 1 N–H and O–H groups in total. The Morgan fingerprint density at radius 1 is 1.35 bits per heavy atom. The lowest BCUT2D eigenvalue weighted by molar-refractivity contribution is 0.0666. The zero-order valence-corrected chi connectivity index (χ0v) is 10.5. The zero-order valence-electron chi connectivity index (χ0n) is 10.5. The van der Waals surface area contributed by atoms with Crippen molar-refractivity contribution in [3.8, 4) is 5.75 Å². The van der Waals surface area contributed by atoms with Gasteiger partial charge in [0.15, 0.2) is 5.78 Å². The average Bonchev–Trinajstić information content (AvgIpc) is 2.34. The molecule has 3 nitrogen and oxygen atoms in total. The van der Waals surface area contributed by atoms with E-state index in [-0.39, 0.29) is 18.1 Å². The van der Waals surface area contributed by atoms with Crippen LogP contribution >= 0.6 is 0 Å². The minimum absolute atomic E-state index is 0.0833. The molecule has 0 radical (unpaired) electrons. The molecule has 0 aromatic heterocycles. The van der Waals surface area contributed by atoms with E-state index in [1.165, 1.54) is 6.07 Å². The summed E-state index contributed by atoms with van der Waals surface area (Å²) in [5.74, 6) is 0.537. The summed E-state index contributed by atoms with van der Waals surface area (Å²) >= 11 is 0. The highest BCUT2D eigenvalue weighted by molar-refractivity contribution is 5.97. The van der Waals surface area contributed by atoms with Crippen LogP contribution in [0.3, 0.4) is 0 Å². The highest BCUT2D eigenvalue weighted by Gasteiger charge is 2.08. The predicted molar refractivity (Wildman–Crippen MR) is 67.3 cm³/mol. The first-order valence-electron chi connectivity index (χ1n) is 6.07. The van der Waals surface area contributed by atoms with E-state index in [9.17, 15) is 9.90 Å². The number of ketones is 1. The van der Waals surface area contributed by atoms with Crippen LogP contribution in [-0.2, 0) is 4.74 Å². The van der Waals surface area contributed by atoms with Crippen LogP contribution < -0.4 is 0 Å². The van der Waals surface area contributed by atoms with Crippen molar-refractivity contribution in [2.75, 3.05) is 13.2 Å². The van der Waals surface area contributed by atoms with Crippen LogP contribution in [0.15, 0.2) is 24.3 Å². The summed E-state index contributed by atoms with van der Waals surface area (Å²) in [5, 5.41) is 9.26. The van der Waals surface area contributed by atoms with Gasteiger partial charge in [-0.2, -0.15) is 0 Å². The quantitative estimate of drug-likeness (QED) is 0.740. The third-order valence-corrected chi connectivity index (χ3v) is 2.91. The van der Waals surface area contributed by atoms with E-state index in [1.807, 2.05) is 0 Å². The topological polar surface area (TPSA) is 46.5 Å². The molecule has 0 aliphatic carbocycles. The number of ether oxygens (including phenoxy) is 1. The Labute approximate surface area is 102 Å². The molecule has 0 aliphatic rings. The average molecular weight is 236 g/mol. The Morgan fingerprint density at radius 2 is 2.06 bits per heavy atom. The molecule has 1 aromatic rings. The molecule has 3 heteroatoms. The molecule has 1 aromatic carbocycles. The summed E-state index contributed by atoms with van der Waals surface area (Å²) in [4.78, 5) is 11.7. The van der Waals surface area contributed by atoms with Gasteiger partial charge in [-0.05, 0) is 18.1 Å². The molecule has 1 rings (SSSR count). The molecule has 0 unspecified atom stereocenters. The van der Waals surface area contributed by atoms with Gasteiger partial charge in [-0.15, -0.1) is 0 Å². The van der Waals surface area contributed by atoms with Crippen molar-refractivity contribution in [2.24, 2.45) is 5.92 Å². The van der Waals surface area contributed by atoms with Gasteiger partial charge in [-0.25, -0.2) is 0 Å². The van der Waals surface area contributed by atoms with Gasteiger partial charge in [0.1, 0.15) is 12.4 Å². The second-order valence-corrected chi connectivity index (χ2v) is 4.17. The second-order valence-electron chi connectivity index (χ2n) is 4.17. The summed E-state index contributed by atoms with van der Waals surface area (Å²) < 4.78 is 5.40. The molecule has 0 spiro atoms. The van der Waals surface area contributed by atoms with Gasteiger partial charge in [-0.1, -0.05) is 38.8 Å². The van der Waals surface area contributed by atoms with Crippen LogP contribution in [0.2, 0.25) is 0 Å². The SMILES string of the molecule is CCC(CC)COCC(=O)c1cccc(O)c1. The molecule has 0 saturated carbocycles. The van der Waals surface area contributed by atoms with Crippen molar-refractivity contribution in [1.29, 1.82) is 0 Å². The fourth-order valence-corrected chi connectivity index (χ4v) is 1.61. The van der Waals surface area contributed by atoms with Crippen molar-refractivity contribution in [1.82, 2.24) is 0 Å². The predicted octanol–water partition coefficient (Wildman–Crippen LogP) is 3.03. The van der Waals surface area contributed by atoms with Crippen LogP contribution in [0.5, 0.6) is 5.75 Å². The molecule has 0 atom stereocenters. The Bertz CT molecular complexity index is 356. The van der Waals surface area contributed by atoms with E-state index in [4.69, 9.17) is 4.74 Å². The maximum atomic E-state index is 11.7. The van der Waals surface area contributed by atoms with E-state index < -0.39 is 0 Å². The number of Topliss-reactive ketones (excluding diaryl/α,β-unsaturated/α-hetero) is 1. The van der Waals surface area contributed by atoms with Crippen LogP contribution in [0, 0.1) is 5.92 Å². The number of benzene rings is 1. The molecule has 0 amide bonds. The van der Waals surface area contributed by atoms with Crippen molar-refractivity contribution >= 4 is 5.78 Å². The van der Waals surface area contributed by atoms with E-state index in [1.54, 1.807) is 18.2 Å². The van der Waals surface area contributed by atoms with Gasteiger partial charge in [-0.3, -0.25) is 4.79 Å². The fraction of sp³-hybridized carbons (Fsp3) is 0.500. The number of phenols is 1. The summed E-state index contributed by atoms with van der Waals surface area (Å²) in [5.41, 5.74) is 0.495. The molecule has 0 aliphatic heterocycles. The lowest BCUT2D eigenvalue weighted by atomic mass is 10.1. The summed E-state index contributed by atoms with van der Waals surface area (Å²) in [6, 6.07) is 6.34. The van der Waals surface area contributed by atoms with Gasteiger partial charge in [0.25, 0.3) is 0 Å². The van der Waals surface area contributed by atoms with Crippen LogP contribution in [-0.4, -0.2) is 24.1 Å². The van der Waals surface area contributed by atoms with Crippen molar-refractivity contribution in [3.63, 3.8) is 0 Å². The zero-order chi connectivity index (χ0) is 12.7. The molecule has 17 heavy (non-hydrogen) atoms.